The van der Waals surface area contributed by atoms with Crippen LogP contribution in [0.25, 0.3) is 0 Å². The first kappa shape index (κ1) is 22.8. The molecule has 0 aromatic carbocycles. The third kappa shape index (κ3) is 3.60. The van der Waals surface area contributed by atoms with E-state index < -0.39 is 0 Å². The highest BCUT2D eigenvalue weighted by Crippen LogP contribution is 2.68. The maximum Gasteiger partial charge on any atom is 0.133 e. The van der Waals surface area contributed by atoms with Gasteiger partial charge in [0, 0.05) is 12.8 Å². The lowest BCUT2D eigenvalue weighted by molar-refractivity contribution is -0.169. The van der Waals surface area contributed by atoms with Gasteiger partial charge in [0.2, 0.25) is 0 Å². The van der Waals surface area contributed by atoms with E-state index in [1.54, 1.807) is 0 Å². The summed E-state index contributed by atoms with van der Waals surface area (Å²) in [6, 6.07) is 0. The minimum atomic E-state index is -0.222. The van der Waals surface area contributed by atoms with Crippen LogP contribution >= 0.6 is 0 Å². The van der Waals surface area contributed by atoms with E-state index in [2.05, 4.69) is 34.6 Å². The van der Waals surface area contributed by atoms with Crippen molar-refractivity contribution >= 4 is 5.78 Å². The molecular formula is C27H46O3. The summed E-state index contributed by atoms with van der Waals surface area (Å²) in [6.45, 7) is 11.6. The van der Waals surface area contributed by atoms with E-state index in [0.717, 1.165) is 32.1 Å². The molecular weight excluding hydrogens is 372 g/mol. The summed E-state index contributed by atoms with van der Waals surface area (Å²) < 4.78 is 0. The van der Waals surface area contributed by atoms with E-state index in [-0.39, 0.29) is 17.6 Å². The predicted molar refractivity (Wildman–Crippen MR) is 121 cm³/mol. The topological polar surface area (TPSA) is 57.5 Å². The third-order valence-electron chi connectivity index (χ3n) is 10.9. The van der Waals surface area contributed by atoms with Gasteiger partial charge in [0.05, 0.1) is 12.2 Å². The van der Waals surface area contributed by atoms with Crippen molar-refractivity contribution in [2.24, 2.45) is 52.3 Å². The minimum Gasteiger partial charge on any atom is -0.393 e. The van der Waals surface area contributed by atoms with Crippen LogP contribution in [0, 0.1) is 52.3 Å². The molecule has 8 unspecified atom stereocenters. The largest absolute Gasteiger partial charge is 0.393 e. The first-order chi connectivity index (χ1) is 14.1. The summed E-state index contributed by atoms with van der Waals surface area (Å²) in [5, 5.41) is 21.6. The average molecular weight is 419 g/mol. The number of carbonyl (C=O) groups excluding carboxylic acids is 1. The van der Waals surface area contributed by atoms with E-state index in [9.17, 15) is 15.0 Å². The van der Waals surface area contributed by atoms with Gasteiger partial charge in [-0.15, -0.1) is 0 Å². The average Bonchev–Trinajstić information content (AvgIpc) is 3.04. The Kier molecular flexibility index (Phi) is 6.21. The Balaban J connectivity index is 1.51. The fraction of sp³-hybridized carbons (Fsp3) is 0.963. The molecule has 4 rings (SSSR count). The van der Waals surface area contributed by atoms with Crippen LogP contribution in [0.1, 0.15) is 98.8 Å². The zero-order valence-corrected chi connectivity index (χ0v) is 20.1. The van der Waals surface area contributed by atoms with Crippen LogP contribution in [0.15, 0.2) is 0 Å². The molecule has 4 aliphatic rings. The second-order valence-corrected chi connectivity index (χ2v) is 12.6. The molecule has 3 nitrogen and oxygen atoms in total. The SMILES string of the molecule is CC(C)C(O)CCC(C)C1CCC2C3C(O)CC4CC(=O)CC[C@]4(C)C3CC[C@]12C. The van der Waals surface area contributed by atoms with Gasteiger partial charge in [0.1, 0.15) is 5.78 Å². The normalized spacial score (nSPS) is 48.1. The highest BCUT2D eigenvalue weighted by Gasteiger charge is 2.62. The first-order valence-corrected chi connectivity index (χ1v) is 13.0. The Hall–Kier alpha value is -0.410. The van der Waals surface area contributed by atoms with Gasteiger partial charge in [0.15, 0.2) is 0 Å². The summed E-state index contributed by atoms with van der Waals surface area (Å²) >= 11 is 0. The first-order valence-electron chi connectivity index (χ1n) is 13.0. The molecule has 0 radical (unpaired) electrons. The number of fused-ring (bicyclic) bond motifs is 5. The lowest BCUT2D eigenvalue weighted by atomic mass is 9.44. The number of aliphatic hydroxyl groups excluding tert-OH is 2. The van der Waals surface area contributed by atoms with Gasteiger partial charge in [-0.1, -0.05) is 34.6 Å². The minimum absolute atomic E-state index is 0.181. The monoisotopic (exact) mass is 418 g/mol. The summed E-state index contributed by atoms with van der Waals surface area (Å²) in [7, 11) is 0. The lowest BCUT2D eigenvalue weighted by Crippen LogP contribution is -2.58. The van der Waals surface area contributed by atoms with Crippen molar-refractivity contribution in [1.29, 1.82) is 0 Å². The zero-order chi connectivity index (χ0) is 21.8. The molecule has 4 saturated carbocycles. The molecule has 0 bridgehead atoms. The van der Waals surface area contributed by atoms with Gasteiger partial charge in [-0.25, -0.2) is 0 Å². The second-order valence-electron chi connectivity index (χ2n) is 12.6. The van der Waals surface area contributed by atoms with E-state index >= 15 is 0 Å². The maximum absolute atomic E-state index is 12.1. The molecule has 0 aromatic heterocycles. The summed E-state index contributed by atoms with van der Waals surface area (Å²) in [5.74, 6) is 4.16. The zero-order valence-electron chi connectivity index (χ0n) is 20.1. The van der Waals surface area contributed by atoms with E-state index in [1.807, 2.05) is 0 Å². The van der Waals surface area contributed by atoms with Crippen molar-refractivity contribution in [3.63, 3.8) is 0 Å². The van der Waals surface area contributed by atoms with Crippen LogP contribution < -0.4 is 0 Å². The molecule has 4 fully saturated rings. The van der Waals surface area contributed by atoms with Crippen molar-refractivity contribution in [3.8, 4) is 0 Å². The summed E-state index contributed by atoms with van der Waals surface area (Å²) in [6.07, 6.45) is 10.0. The van der Waals surface area contributed by atoms with Crippen LogP contribution in [0.2, 0.25) is 0 Å². The predicted octanol–water partition coefficient (Wildman–Crippen LogP) is 5.62. The molecule has 3 heteroatoms. The van der Waals surface area contributed by atoms with Crippen molar-refractivity contribution in [2.75, 3.05) is 0 Å². The van der Waals surface area contributed by atoms with Gasteiger partial charge in [-0.3, -0.25) is 4.79 Å². The Morgan fingerprint density at radius 2 is 1.70 bits per heavy atom. The van der Waals surface area contributed by atoms with Crippen molar-refractivity contribution in [2.45, 2.75) is 111 Å². The fourth-order valence-corrected chi connectivity index (χ4v) is 8.96. The highest BCUT2D eigenvalue weighted by atomic mass is 16.3. The molecule has 0 spiro atoms. The van der Waals surface area contributed by atoms with E-state index in [4.69, 9.17) is 0 Å². The molecule has 2 N–H and O–H groups in total. The second kappa shape index (κ2) is 8.18. The Labute approximate surface area is 184 Å². The number of Topliss-reactive ketones (excluding diaryl/α,β-unsaturated/α-hetero) is 1. The quantitative estimate of drug-likeness (QED) is 0.609. The van der Waals surface area contributed by atoms with Gasteiger partial charge >= 0.3 is 0 Å². The molecule has 30 heavy (non-hydrogen) atoms. The number of aliphatic hydroxyl groups is 2. The van der Waals surface area contributed by atoms with Crippen molar-refractivity contribution < 1.29 is 15.0 Å². The Bertz CT molecular complexity index is 644. The molecule has 10 atom stereocenters. The van der Waals surface area contributed by atoms with E-state index in [1.165, 1.54) is 25.7 Å². The van der Waals surface area contributed by atoms with Crippen LogP contribution in [0.3, 0.4) is 0 Å². The third-order valence-corrected chi connectivity index (χ3v) is 10.9. The molecule has 4 aliphatic carbocycles. The Morgan fingerprint density at radius 1 is 1.00 bits per heavy atom. The lowest BCUT2D eigenvalue weighted by Gasteiger charge is -2.62. The number of ketones is 1. The highest BCUT2D eigenvalue weighted by molar-refractivity contribution is 5.79. The Morgan fingerprint density at radius 3 is 2.40 bits per heavy atom. The van der Waals surface area contributed by atoms with E-state index in [0.29, 0.717) is 59.0 Å². The van der Waals surface area contributed by atoms with Gasteiger partial charge in [-0.2, -0.15) is 0 Å². The molecule has 0 saturated heterocycles. The number of hydrogen-bond donors (Lipinski definition) is 2. The van der Waals surface area contributed by atoms with Crippen molar-refractivity contribution in [1.82, 2.24) is 0 Å². The van der Waals surface area contributed by atoms with Gasteiger partial charge < -0.3 is 10.2 Å². The standard InChI is InChI=1S/C27H46O3/c1-16(2)23(29)9-6-17(3)20-7-8-21-25-22(11-13-27(20,21)5)26(4)12-10-19(28)14-18(26)15-24(25)30/h16-18,20-25,29-30H,6-15H2,1-5H3/t17?,18?,20?,21?,22?,23?,24?,25?,26-,27+/m0/s1. The van der Waals surface area contributed by atoms with Crippen LogP contribution in [0.5, 0.6) is 0 Å². The van der Waals surface area contributed by atoms with Crippen LogP contribution in [-0.2, 0) is 4.79 Å². The number of rotatable bonds is 5. The van der Waals surface area contributed by atoms with Gasteiger partial charge in [0.25, 0.3) is 0 Å². The fourth-order valence-electron chi connectivity index (χ4n) is 8.96. The number of carbonyl (C=O) groups is 1. The molecule has 0 heterocycles. The summed E-state index contributed by atoms with van der Waals surface area (Å²) in [4.78, 5) is 12.1. The molecule has 0 aliphatic heterocycles. The molecule has 0 aromatic rings. The van der Waals surface area contributed by atoms with Crippen LogP contribution in [-0.4, -0.2) is 28.2 Å². The smallest absolute Gasteiger partial charge is 0.133 e. The van der Waals surface area contributed by atoms with Gasteiger partial charge in [-0.05, 0) is 104 Å². The van der Waals surface area contributed by atoms with Crippen molar-refractivity contribution in [3.05, 3.63) is 0 Å². The summed E-state index contributed by atoms with van der Waals surface area (Å²) in [5.41, 5.74) is 0.586. The van der Waals surface area contributed by atoms with Crippen LogP contribution in [0.4, 0.5) is 0 Å². The molecule has 0 amide bonds. The maximum atomic E-state index is 12.1. The molecule has 172 valence electrons. The number of hydrogen-bond acceptors (Lipinski definition) is 3.